The van der Waals surface area contributed by atoms with Gasteiger partial charge in [0.05, 0.1) is 12.0 Å². The van der Waals surface area contributed by atoms with Gasteiger partial charge in [0, 0.05) is 26.1 Å². The van der Waals surface area contributed by atoms with Gasteiger partial charge < -0.3 is 10.1 Å². The fourth-order valence-corrected chi connectivity index (χ4v) is 5.29. The number of amides is 1. The Morgan fingerprint density at radius 3 is 2.59 bits per heavy atom. The van der Waals surface area contributed by atoms with Crippen molar-refractivity contribution in [3.8, 4) is 5.75 Å². The molecule has 2 rings (SSSR count). The number of carbonyl (C=O) groups excluding carboxylic acids is 1. The molecule has 1 N–H and O–H groups in total. The Balaban J connectivity index is 1.99. The minimum Gasteiger partial charge on any atom is -0.496 e. The number of sulfonamides is 1. The Hall–Kier alpha value is -1.60. The van der Waals surface area contributed by atoms with Crippen molar-refractivity contribution in [3.63, 3.8) is 0 Å². The quantitative estimate of drug-likeness (QED) is 0.554. The molecular weight excluding hydrogens is 388 g/mol. The first-order chi connectivity index (χ1) is 13.9. The van der Waals surface area contributed by atoms with Crippen LogP contribution in [0.2, 0.25) is 0 Å². The van der Waals surface area contributed by atoms with Crippen LogP contribution in [0.15, 0.2) is 23.1 Å². The molecule has 1 amide bonds. The van der Waals surface area contributed by atoms with Gasteiger partial charge in [-0.15, -0.1) is 0 Å². The summed E-state index contributed by atoms with van der Waals surface area (Å²) in [6.07, 6.45) is 7.11. The van der Waals surface area contributed by atoms with E-state index in [4.69, 9.17) is 4.74 Å². The normalized spacial score (nSPS) is 16.0. The summed E-state index contributed by atoms with van der Waals surface area (Å²) in [5.41, 5.74) is 0.751. The zero-order chi connectivity index (χ0) is 21.3. The molecule has 1 aliphatic heterocycles. The highest BCUT2D eigenvalue weighted by Gasteiger charge is 2.27. The molecule has 6 nitrogen and oxygen atoms in total. The van der Waals surface area contributed by atoms with Gasteiger partial charge >= 0.3 is 0 Å². The van der Waals surface area contributed by atoms with Gasteiger partial charge in [0.25, 0.3) is 0 Å². The van der Waals surface area contributed by atoms with Crippen LogP contribution >= 0.6 is 0 Å². The molecule has 1 aromatic rings. The molecule has 0 aromatic heterocycles. The lowest BCUT2D eigenvalue weighted by atomic mass is 9.99. The summed E-state index contributed by atoms with van der Waals surface area (Å²) < 4.78 is 32.6. The van der Waals surface area contributed by atoms with Crippen LogP contribution in [-0.4, -0.2) is 45.4 Å². The average molecular weight is 425 g/mol. The van der Waals surface area contributed by atoms with E-state index in [1.807, 2.05) is 0 Å². The highest BCUT2D eigenvalue weighted by atomic mass is 32.2. The molecule has 7 heteroatoms. The lowest BCUT2D eigenvalue weighted by molar-refractivity contribution is -0.121. The van der Waals surface area contributed by atoms with Crippen LogP contribution < -0.4 is 10.1 Å². The number of methoxy groups -OCH3 is 1. The number of nitrogens with one attached hydrogen (secondary N) is 1. The molecule has 0 radical (unpaired) electrons. The maximum absolute atomic E-state index is 12.8. The third-order valence-electron chi connectivity index (χ3n) is 5.71. The first-order valence-electron chi connectivity index (χ1n) is 10.9. The Kier molecular flexibility index (Phi) is 9.43. The molecule has 0 saturated carbocycles. The van der Waals surface area contributed by atoms with Crippen molar-refractivity contribution in [2.24, 2.45) is 5.92 Å². The number of hydrogen-bond donors (Lipinski definition) is 1. The lowest BCUT2D eigenvalue weighted by Crippen LogP contribution is -2.29. The fraction of sp³-hybridized carbons (Fsp3) is 0.682. The van der Waals surface area contributed by atoms with E-state index < -0.39 is 10.0 Å². The summed E-state index contributed by atoms with van der Waals surface area (Å²) >= 11 is 0. The van der Waals surface area contributed by atoms with Gasteiger partial charge in [-0.2, -0.15) is 4.31 Å². The van der Waals surface area contributed by atoms with Gasteiger partial charge in [-0.05, 0) is 55.4 Å². The third kappa shape index (κ3) is 6.71. The van der Waals surface area contributed by atoms with Gasteiger partial charge in [-0.25, -0.2) is 8.42 Å². The zero-order valence-electron chi connectivity index (χ0n) is 18.1. The molecule has 1 atom stereocenters. The molecular formula is C22H36N2O4S. The second-order valence-corrected chi connectivity index (χ2v) is 9.74. The number of ether oxygens (including phenoxy) is 1. The van der Waals surface area contributed by atoms with E-state index in [1.165, 1.54) is 17.1 Å². The number of unbranched alkanes of at least 4 members (excludes halogenated alkanes) is 1. The minimum atomic E-state index is -3.48. The Labute approximate surface area is 176 Å². The zero-order valence-corrected chi connectivity index (χ0v) is 18.9. The van der Waals surface area contributed by atoms with Crippen LogP contribution in [0.4, 0.5) is 0 Å². The minimum absolute atomic E-state index is 0.00481. The predicted octanol–water partition coefficient (Wildman–Crippen LogP) is 3.74. The van der Waals surface area contributed by atoms with Gasteiger partial charge in [-0.3, -0.25) is 4.79 Å². The van der Waals surface area contributed by atoms with E-state index in [-0.39, 0.29) is 10.8 Å². The summed E-state index contributed by atoms with van der Waals surface area (Å²) in [4.78, 5) is 12.6. The van der Waals surface area contributed by atoms with Crippen molar-refractivity contribution in [3.05, 3.63) is 23.8 Å². The van der Waals surface area contributed by atoms with Crippen LogP contribution in [0.1, 0.15) is 64.4 Å². The summed E-state index contributed by atoms with van der Waals surface area (Å²) in [7, 11) is -1.92. The predicted molar refractivity (Wildman–Crippen MR) is 116 cm³/mol. The number of rotatable bonds is 12. The summed E-state index contributed by atoms with van der Waals surface area (Å²) in [6, 6.07) is 4.94. The molecule has 1 fully saturated rings. The van der Waals surface area contributed by atoms with Crippen LogP contribution in [-0.2, 0) is 21.2 Å². The molecule has 1 aliphatic rings. The molecule has 1 aromatic carbocycles. The van der Waals surface area contributed by atoms with Crippen LogP contribution in [0, 0.1) is 5.92 Å². The molecule has 0 unspecified atom stereocenters. The fourth-order valence-electron chi connectivity index (χ4n) is 3.73. The number of aryl methyl sites for hydroxylation is 1. The Morgan fingerprint density at radius 1 is 1.24 bits per heavy atom. The number of hydrogen-bond acceptors (Lipinski definition) is 4. The van der Waals surface area contributed by atoms with Gasteiger partial charge in [0.15, 0.2) is 0 Å². The first kappa shape index (κ1) is 23.7. The Morgan fingerprint density at radius 2 is 1.97 bits per heavy atom. The lowest BCUT2D eigenvalue weighted by Gasteiger charge is -2.17. The van der Waals surface area contributed by atoms with Gasteiger partial charge in [0.1, 0.15) is 5.75 Å². The number of nitrogens with zero attached hydrogens (tertiary/aromatic N) is 1. The molecule has 0 aliphatic carbocycles. The van der Waals surface area contributed by atoms with Crippen molar-refractivity contribution >= 4 is 15.9 Å². The molecule has 29 heavy (non-hydrogen) atoms. The van der Waals surface area contributed by atoms with Gasteiger partial charge in [-0.1, -0.05) is 33.1 Å². The van der Waals surface area contributed by atoms with Crippen LogP contribution in [0.25, 0.3) is 0 Å². The number of carbonyl (C=O) groups is 1. The highest BCUT2D eigenvalue weighted by molar-refractivity contribution is 7.89. The number of benzene rings is 1. The van der Waals surface area contributed by atoms with E-state index in [9.17, 15) is 13.2 Å². The second kappa shape index (κ2) is 11.6. The second-order valence-electron chi connectivity index (χ2n) is 7.81. The smallest absolute Gasteiger partial charge is 0.243 e. The van der Waals surface area contributed by atoms with Crippen molar-refractivity contribution in [1.29, 1.82) is 0 Å². The van der Waals surface area contributed by atoms with Crippen molar-refractivity contribution in [1.82, 2.24) is 9.62 Å². The van der Waals surface area contributed by atoms with E-state index in [0.717, 1.165) is 31.2 Å². The average Bonchev–Trinajstić information content (AvgIpc) is 3.28. The molecule has 0 bridgehead atoms. The third-order valence-corrected chi connectivity index (χ3v) is 7.60. The van der Waals surface area contributed by atoms with Crippen LogP contribution in [0.3, 0.4) is 0 Å². The molecule has 1 heterocycles. The first-order valence-corrected chi connectivity index (χ1v) is 12.3. The topological polar surface area (TPSA) is 75.7 Å². The molecule has 164 valence electrons. The standard InChI is InChI=1S/C22H36N2O4S/c1-4-6-9-18(5-2)17-23-22(25)13-10-19-16-20(11-12-21(19)28-3)29(26,27)24-14-7-8-15-24/h11-12,16,18H,4-10,13-15,17H2,1-3H3,(H,23,25)/t18-/m0/s1. The largest absolute Gasteiger partial charge is 0.496 e. The summed E-state index contributed by atoms with van der Waals surface area (Å²) in [5.74, 6) is 1.13. The van der Waals surface area contributed by atoms with Gasteiger partial charge in [0.2, 0.25) is 15.9 Å². The summed E-state index contributed by atoms with van der Waals surface area (Å²) in [5, 5.41) is 3.03. The van der Waals surface area contributed by atoms with Crippen LogP contribution in [0.5, 0.6) is 5.75 Å². The van der Waals surface area contributed by atoms with Crippen molar-refractivity contribution < 1.29 is 17.9 Å². The highest BCUT2D eigenvalue weighted by Crippen LogP contribution is 2.27. The van der Waals surface area contributed by atoms with E-state index in [0.29, 0.717) is 44.1 Å². The maximum Gasteiger partial charge on any atom is 0.243 e. The Bertz CT molecular complexity index is 758. The van der Waals surface area contributed by atoms with Crippen molar-refractivity contribution in [2.75, 3.05) is 26.7 Å². The SMILES string of the molecule is CCCC[C@H](CC)CNC(=O)CCc1cc(S(=O)(=O)N2CCCC2)ccc1OC. The summed E-state index contributed by atoms with van der Waals surface area (Å²) in [6.45, 7) is 6.18. The molecule has 0 spiro atoms. The monoisotopic (exact) mass is 424 g/mol. The molecule has 1 saturated heterocycles. The van der Waals surface area contributed by atoms with E-state index in [1.54, 1.807) is 25.3 Å². The maximum atomic E-state index is 12.8. The van der Waals surface area contributed by atoms with E-state index >= 15 is 0 Å². The van der Waals surface area contributed by atoms with E-state index in [2.05, 4.69) is 19.2 Å². The van der Waals surface area contributed by atoms with Crippen molar-refractivity contribution in [2.45, 2.75) is 70.1 Å².